The van der Waals surface area contributed by atoms with E-state index in [-0.39, 0.29) is 5.78 Å². The van der Waals surface area contributed by atoms with Crippen molar-refractivity contribution in [2.75, 3.05) is 0 Å². The smallest absolute Gasteiger partial charge is 0.178 e. The van der Waals surface area contributed by atoms with E-state index in [4.69, 9.17) is 0 Å². The topological polar surface area (TPSA) is 20.3 Å². The molecule has 2 nitrogen and oxygen atoms in total. The lowest BCUT2D eigenvalue weighted by Crippen LogP contribution is -2.01. The number of allylic oxidation sites excluding steroid dienone is 10. The molecule has 0 bridgehead atoms. The van der Waals surface area contributed by atoms with Gasteiger partial charge in [0.2, 0.25) is 0 Å². The summed E-state index contributed by atoms with van der Waals surface area (Å²) in [4.78, 5) is 12.8. The number of rotatable bonds is 2. The molecule has 0 spiro atoms. The third-order valence-corrected chi connectivity index (χ3v) is 2.44. The Hall–Kier alpha value is -2.35. The second-order valence-corrected chi connectivity index (χ2v) is 3.66. The maximum Gasteiger partial charge on any atom is 0.178 e. The standard InChI is InChI=1S/C15H13NO/c1-2-16-11-9-14(10-12-16)4-3-13-5-7-15(17)8-6-13/h2-12H,1H2. The highest BCUT2D eigenvalue weighted by Crippen LogP contribution is 2.12. The highest BCUT2D eigenvalue weighted by Gasteiger charge is 1.98. The summed E-state index contributed by atoms with van der Waals surface area (Å²) >= 11 is 0. The number of nitrogens with zero attached hydrogens (tertiary/aromatic N) is 1. The van der Waals surface area contributed by atoms with Crippen molar-refractivity contribution in [3.63, 3.8) is 0 Å². The lowest BCUT2D eigenvalue weighted by Gasteiger charge is -2.12. The van der Waals surface area contributed by atoms with Gasteiger partial charge < -0.3 is 4.90 Å². The molecule has 2 heteroatoms. The molecule has 0 fully saturated rings. The Morgan fingerprint density at radius 3 is 1.94 bits per heavy atom. The van der Waals surface area contributed by atoms with Gasteiger partial charge in [0.1, 0.15) is 0 Å². The zero-order chi connectivity index (χ0) is 12.1. The molecule has 17 heavy (non-hydrogen) atoms. The summed E-state index contributed by atoms with van der Waals surface area (Å²) in [5, 5.41) is 0. The van der Waals surface area contributed by atoms with Crippen molar-refractivity contribution in [3.05, 3.63) is 84.9 Å². The molecule has 0 aromatic carbocycles. The SMILES string of the molecule is C=CN1C=CC(=CC=C2C=CC(=O)C=C2)C=C1. The van der Waals surface area contributed by atoms with Gasteiger partial charge in [-0.2, -0.15) is 0 Å². The Kier molecular flexibility index (Phi) is 3.36. The van der Waals surface area contributed by atoms with E-state index in [0.29, 0.717) is 0 Å². The molecule has 0 saturated heterocycles. The van der Waals surface area contributed by atoms with Crippen LogP contribution in [0.15, 0.2) is 84.9 Å². The van der Waals surface area contributed by atoms with Crippen LogP contribution in [0.25, 0.3) is 0 Å². The molecule has 1 aliphatic carbocycles. The molecule has 0 aromatic heterocycles. The summed E-state index contributed by atoms with van der Waals surface area (Å²) in [6.45, 7) is 3.68. The third-order valence-electron chi connectivity index (χ3n) is 2.44. The minimum atomic E-state index is 0.0360. The first-order valence-corrected chi connectivity index (χ1v) is 5.36. The van der Waals surface area contributed by atoms with E-state index in [2.05, 4.69) is 6.58 Å². The van der Waals surface area contributed by atoms with Gasteiger partial charge in [-0.3, -0.25) is 4.79 Å². The zero-order valence-electron chi connectivity index (χ0n) is 9.41. The van der Waals surface area contributed by atoms with E-state index in [1.807, 2.05) is 53.8 Å². The van der Waals surface area contributed by atoms with Crippen LogP contribution in [0.5, 0.6) is 0 Å². The molecule has 0 radical (unpaired) electrons. The van der Waals surface area contributed by atoms with Crippen LogP contribution in [0.1, 0.15) is 0 Å². The van der Waals surface area contributed by atoms with Gasteiger partial charge in [0.05, 0.1) is 0 Å². The molecule has 1 heterocycles. The molecule has 0 N–H and O–H groups in total. The normalized spacial score (nSPS) is 17.6. The Bertz CT molecular complexity index is 479. The third kappa shape index (κ3) is 3.05. The van der Waals surface area contributed by atoms with Crippen LogP contribution >= 0.6 is 0 Å². The summed E-state index contributed by atoms with van der Waals surface area (Å²) in [5.41, 5.74) is 2.12. The summed E-state index contributed by atoms with van der Waals surface area (Å²) < 4.78 is 0. The Balaban J connectivity index is 2.08. The minimum Gasteiger partial charge on any atom is -0.331 e. The van der Waals surface area contributed by atoms with Gasteiger partial charge in [0.25, 0.3) is 0 Å². The lowest BCUT2D eigenvalue weighted by atomic mass is 10.1. The van der Waals surface area contributed by atoms with Crippen molar-refractivity contribution in [2.24, 2.45) is 0 Å². The van der Waals surface area contributed by atoms with Crippen molar-refractivity contribution in [3.8, 4) is 0 Å². The van der Waals surface area contributed by atoms with Gasteiger partial charge in [0, 0.05) is 18.6 Å². The predicted molar refractivity (Wildman–Crippen MR) is 69.8 cm³/mol. The average Bonchev–Trinajstić information content (AvgIpc) is 2.39. The van der Waals surface area contributed by atoms with Crippen molar-refractivity contribution >= 4 is 5.78 Å². The average molecular weight is 223 g/mol. The molecular formula is C15H13NO. The largest absolute Gasteiger partial charge is 0.331 e. The van der Waals surface area contributed by atoms with Gasteiger partial charge in [-0.1, -0.05) is 30.9 Å². The molecule has 0 atom stereocenters. The number of hydrogen-bond donors (Lipinski definition) is 0. The lowest BCUT2D eigenvalue weighted by molar-refractivity contribution is -0.110. The molecule has 2 aliphatic rings. The molecule has 1 aliphatic heterocycles. The van der Waals surface area contributed by atoms with Crippen molar-refractivity contribution < 1.29 is 4.79 Å². The van der Waals surface area contributed by atoms with E-state index in [0.717, 1.165) is 11.1 Å². The molecule has 0 saturated carbocycles. The van der Waals surface area contributed by atoms with E-state index < -0.39 is 0 Å². The van der Waals surface area contributed by atoms with Gasteiger partial charge in [-0.25, -0.2) is 0 Å². The van der Waals surface area contributed by atoms with Gasteiger partial charge in [-0.05, 0) is 35.5 Å². The van der Waals surface area contributed by atoms with Crippen LogP contribution in [-0.2, 0) is 4.79 Å². The highest BCUT2D eigenvalue weighted by molar-refractivity contribution is 6.01. The fraction of sp³-hybridized carbons (Fsp3) is 0. The summed E-state index contributed by atoms with van der Waals surface area (Å²) in [7, 11) is 0. The summed E-state index contributed by atoms with van der Waals surface area (Å²) in [5.74, 6) is 0.0360. The van der Waals surface area contributed by atoms with Crippen LogP contribution in [0.4, 0.5) is 0 Å². The minimum absolute atomic E-state index is 0.0360. The fourth-order valence-corrected chi connectivity index (χ4v) is 1.45. The van der Waals surface area contributed by atoms with Crippen molar-refractivity contribution in [1.82, 2.24) is 4.90 Å². The molecule has 0 aromatic rings. The Morgan fingerprint density at radius 1 is 0.882 bits per heavy atom. The monoisotopic (exact) mass is 223 g/mol. The van der Waals surface area contributed by atoms with E-state index in [1.54, 1.807) is 18.4 Å². The molecular weight excluding hydrogens is 210 g/mol. The predicted octanol–water partition coefficient (Wildman–Crippen LogP) is 3.02. The van der Waals surface area contributed by atoms with E-state index in [9.17, 15) is 4.79 Å². The second-order valence-electron chi connectivity index (χ2n) is 3.66. The van der Waals surface area contributed by atoms with Crippen LogP contribution in [0.3, 0.4) is 0 Å². The summed E-state index contributed by atoms with van der Waals surface area (Å²) in [6.07, 6.45) is 20.4. The highest BCUT2D eigenvalue weighted by atomic mass is 16.1. The van der Waals surface area contributed by atoms with Crippen molar-refractivity contribution in [1.29, 1.82) is 0 Å². The molecule has 0 unspecified atom stereocenters. The maximum absolute atomic E-state index is 10.9. The maximum atomic E-state index is 10.9. The fourth-order valence-electron chi connectivity index (χ4n) is 1.45. The molecule has 84 valence electrons. The Labute approximate surface area is 101 Å². The number of ketones is 1. The van der Waals surface area contributed by atoms with Crippen LogP contribution < -0.4 is 0 Å². The number of hydrogen-bond acceptors (Lipinski definition) is 2. The van der Waals surface area contributed by atoms with E-state index in [1.165, 1.54) is 0 Å². The Morgan fingerprint density at radius 2 is 1.41 bits per heavy atom. The summed E-state index contributed by atoms with van der Waals surface area (Å²) in [6, 6.07) is 0. The first-order valence-electron chi connectivity index (χ1n) is 5.36. The van der Waals surface area contributed by atoms with Gasteiger partial charge in [-0.15, -0.1) is 0 Å². The van der Waals surface area contributed by atoms with Crippen molar-refractivity contribution in [2.45, 2.75) is 0 Å². The zero-order valence-corrected chi connectivity index (χ0v) is 9.41. The van der Waals surface area contributed by atoms with Crippen LogP contribution in [0.2, 0.25) is 0 Å². The van der Waals surface area contributed by atoms with Crippen LogP contribution in [-0.4, -0.2) is 10.7 Å². The first-order chi connectivity index (χ1) is 8.28. The van der Waals surface area contributed by atoms with Crippen LogP contribution in [0, 0.1) is 0 Å². The van der Waals surface area contributed by atoms with Gasteiger partial charge >= 0.3 is 0 Å². The first kappa shape index (κ1) is 11.1. The second kappa shape index (κ2) is 5.12. The van der Waals surface area contributed by atoms with Gasteiger partial charge in [0.15, 0.2) is 5.78 Å². The number of carbonyl (C=O) groups is 1. The molecule has 0 amide bonds. The quantitative estimate of drug-likeness (QED) is 0.717. The molecule has 2 rings (SSSR count). The van der Waals surface area contributed by atoms with E-state index >= 15 is 0 Å². The number of carbonyl (C=O) groups excluding carboxylic acids is 1.